The second kappa shape index (κ2) is 8.35. The van der Waals surface area contributed by atoms with E-state index in [4.69, 9.17) is 0 Å². The number of carbonyl (C=O) groups excluding carboxylic acids is 1. The number of likely N-dealkylation sites (N-methyl/N-ethyl adjacent to an activating group) is 1. The van der Waals surface area contributed by atoms with Gasteiger partial charge in [-0.3, -0.25) is 9.69 Å². The lowest BCUT2D eigenvalue weighted by Gasteiger charge is -2.32. The third-order valence-electron chi connectivity index (χ3n) is 4.63. The van der Waals surface area contributed by atoms with Gasteiger partial charge < -0.3 is 10.2 Å². The van der Waals surface area contributed by atoms with Crippen LogP contribution in [0.5, 0.6) is 0 Å². The number of piperidine rings is 1. The summed E-state index contributed by atoms with van der Waals surface area (Å²) >= 11 is 0. The average molecular weight is 323 g/mol. The highest BCUT2D eigenvalue weighted by Gasteiger charge is 2.20. The summed E-state index contributed by atoms with van der Waals surface area (Å²) in [5.74, 6) is 0.677. The number of carbonyl (C=O) groups is 1. The molecule has 0 aliphatic carbocycles. The standard InChI is InChI=1S/C15H29N7O/c1-12(2)21(4)10-14-17-18-19-22(14)11-15(23)16-9-13-7-5-6-8-20(13)3/h12-13H,5-11H2,1-4H3,(H,16,23)/t13-/m0/s1. The first-order valence-corrected chi connectivity index (χ1v) is 8.39. The minimum Gasteiger partial charge on any atom is -0.353 e. The highest BCUT2D eigenvalue weighted by Crippen LogP contribution is 2.13. The molecular formula is C15H29N7O. The third-order valence-corrected chi connectivity index (χ3v) is 4.63. The Kier molecular flexibility index (Phi) is 6.47. The molecule has 130 valence electrons. The van der Waals surface area contributed by atoms with Crippen molar-refractivity contribution in [2.24, 2.45) is 0 Å². The third kappa shape index (κ3) is 5.24. The molecule has 1 aromatic heterocycles. The highest BCUT2D eigenvalue weighted by molar-refractivity contribution is 5.75. The number of amides is 1. The molecule has 2 rings (SSSR count). The Balaban J connectivity index is 1.82. The summed E-state index contributed by atoms with van der Waals surface area (Å²) in [5.41, 5.74) is 0. The zero-order valence-electron chi connectivity index (χ0n) is 14.7. The maximum Gasteiger partial charge on any atom is 0.241 e. The van der Waals surface area contributed by atoms with Gasteiger partial charge >= 0.3 is 0 Å². The van der Waals surface area contributed by atoms with Crippen LogP contribution in [-0.2, 0) is 17.9 Å². The number of nitrogens with zero attached hydrogens (tertiary/aromatic N) is 6. The molecule has 1 saturated heterocycles. The lowest BCUT2D eigenvalue weighted by Crippen LogP contribution is -2.45. The molecular weight excluding hydrogens is 294 g/mol. The van der Waals surface area contributed by atoms with Crippen molar-refractivity contribution in [2.75, 3.05) is 27.2 Å². The predicted molar refractivity (Wildman–Crippen MR) is 87.7 cm³/mol. The number of hydrogen-bond acceptors (Lipinski definition) is 6. The zero-order valence-corrected chi connectivity index (χ0v) is 14.7. The van der Waals surface area contributed by atoms with E-state index in [0.29, 0.717) is 31.0 Å². The Bertz CT molecular complexity index is 502. The Labute approximate surface area is 138 Å². The molecule has 1 aromatic rings. The molecule has 1 fully saturated rings. The summed E-state index contributed by atoms with van der Waals surface area (Å²) in [7, 11) is 4.14. The van der Waals surface area contributed by atoms with Gasteiger partial charge in [-0.25, -0.2) is 4.68 Å². The van der Waals surface area contributed by atoms with Gasteiger partial charge in [-0.1, -0.05) is 6.42 Å². The van der Waals surface area contributed by atoms with E-state index in [1.54, 1.807) is 4.68 Å². The van der Waals surface area contributed by atoms with E-state index in [-0.39, 0.29) is 12.5 Å². The molecule has 0 bridgehead atoms. The number of likely N-dealkylation sites (tertiary alicyclic amines) is 1. The van der Waals surface area contributed by atoms with Crippen molar-refractivity contribution < 1.29 is 4.79 Å². The van der Waals surface area contributed by atoms with Crippen molar-refractivity contribution in [3.05, 3.63) is 5.82 Å². The zero-order chi connectivity index (χ0) is 16.8. The molecule has 2 heterocycles. The summed E-state index contributed by atoms with van der Waals surface area (Å²) in [5, 5.41) is 14.7. The lowest BCUT2D eigenvalue weighted by molar-refractivity contribution is -0.122. The second-order valence-electron chi connectivity index (χ2n) is 6.70. The molecule has 23 heavy (non-hydrogen) atoms. The van der Waals surface area contributed by atoms with Crippen molar-refractivity contribution in [3.8, 4) is 0 Å². The lowest BCUT2D eigenvalue weighted by atomic mass is 10.0. The minimum absolute atomic E-state index is 0.0373. The molecule has 0 radical (unpaired) electrons. The van der Waals surface area contributed by atoms with Gasteiger partial charge in [-0.2, -0.15) is 0 Å². The summed E-state index contributed by atoms with van der Waals surface area (Å²) in [6.45, 7) is 6.83. The van der Waals surface area contributed by atoms with Crippen LogP contribution < -0.4 is 5.32 Å². The van der Waals surface area contributed by atoms with Gasteiger partial charge in [-0.05, 0) is 57.8 Å². The van der Waals surface area contributed by atoms with Gasteiger partial charge in [0.2, 0.25) is 5.91 Å². The van der Waals surface area contributed by atoms with Gasteiger partial charge in [0.15, 0.2) is 5.82 Å². The molecule has 1 amide bonds. The first kappa shape index (κ1) is 17.8. The first-order chi connectivity index (χ1) is 11.0. The Morgan fingerprint density at radius 1 is 1.43 bits per heavy atom. The van der Waals surface area contributed by atoms with Crippen LogP contribution in [0, 0.1) is 0 Å². The van der Waals surface area contributed by atoms with Crippen LogP contribution in [0.4, 0.5) is 0 Å². The monoisotopic (exact) mass is 323 g/mol. The molecule has 0 aromatic carbocycles. The number of tetrazole rings is 1. The molecule has 1 aliphatic heterocycles. The number of aromatic nitrogens is 4. The predicted octanol–water partition coefficient (Wildman–Crippen LogP) is 0.114. The van der Waals surface area contributed by atoms with E-state index >= 15 is 0 Å². The summed E-state index contributed by atoms with van der Waals surface area (Å²) in [4.78, 5) is 16.6. The van der Waals surface area contributed by atoms with Crippen LogP contribution in [0.15, 0.2) is 0 Å². The van der Waals surface area contributed by atoms with Crippen LogP contribution in [-0.4, -0.2) is 75.2 Å². The largest absolute Gasteiger partial charge is 0.353 e. The summed E-state index contributed by atoms with van der Waals surface area (Å²) in [6.07, 6.45) is 3.63. The van der Waals surface area contributed by atoms with Crippen LogP contribution in [0.1, 0.15) is 38.9 Å². The highest BCUT2D eigenvalue weighted by atomic mass is 16.2. The Morgan fingerprint density at radius 3 is 2.91 bits per heavy atom. The maximum atomic E-state index is 12.2. The first-order valence-electron chi connectivity index (χ1n) is 8.39. The fourth-order valence-electron chi connectivity index (χ4n) is 2.69. The van der Waals surface area contributed by atoms with Crippen LogP contribution >= 0.6 is 0 Å². The smallest absolute Gasteiger partial charge is 0.241 e. The normalized spacial score (nSPS) is 19.5. The molecule has 1 N–H and O–H groups in total. The van der Waals surface area contributed by atoms with Gasteiger partial charge in [0.1, 0.15) is 6.54 Å². The van der Waals surface area contributed by atoms with E-state index < -0.39 is 0 Å². The SMILES string of the molecule is CC(C)N(C)Cc1nnnn1CC(=O)NC[C@@H]1CCCCN1C. The van der Waals surface area contributed by atoms with Gasteiger partial charge in [0.25, 0.3) is 0 Å². The van der Waals surface area contributed by atoms with Crippen molar-refractivity contribution in [1.29, 1.82) is 0 Å². The summed E-state index contributed by atoms with van der Waals surface area (Å²) in [6, 6.07) is 0.837. The van der Waals surface area contributed by atoms with Crippen molar-refractivity contribution in [2.45, 2.75) is 58.3 Å². The van der Waals surface area contributed by atoms with E-state index in [0.717, 1.165) is 13.0 Å². The van der Waals surface area contributed by atoms with Crippen LogP contribution in [0.3, 0.4) is 0 Å². The topological polar surface area (TPSA) is 79.2 Å². The van der Waals surface area contributed by atoms with Crippen LogP contribution in [0.2, 0.25) is 0 Å². The Morgan fingerprint density at radius 2 is 2.22 bits per heavy atom. The molecule has 1 atom stereocenters. The fourth-order valence-corrected chi connectivity index (χ4v) is 2.69. The van der Waals surface area contributed by atoms with Gasteiger partial charge in [0, 0.05) is 18.6 Å². The van der Waals surface area contributed by atoms with E-state index in [1.807, 2.05) is 7.05 Å². The minimum atomic E-state index is -0.0373. The van der Waals surface area contributed by atoms with Crippen LogP contribution in [0.25, 0.3) is 0 Å². The van der Waals surface area contributed by atoms with E-state index in [1.165, 1.54) is 12.8 Å². The van der Waals surface area contributed by atoms with E-state index in [2.05, 4.69) is 51.5 Å². The van der Waals surface area contributed by atoms with Crippen molar-refractivity contribution in [1.82, 2.24) is 35.3 Å². The van der Waals surface area contributed by atoms with Crippen molar-refractivity contribution >= 4 is 5.91 Å². The maximum absolute atomic E-state index is 12.2. The number of nitrogens with one attached hydrogen (secondary N) is 1. The van der Waals surface area contributed by atoms with Crippen molar-refractivity contribution in [3.63, 3.8) is 0 Å². The van der Waals surface area contributed by atoms with E-state index in [9.17, 15) is 4.79 Å². The van der Waals surface area contributed by atoms with Gasteiger partial charge in [-0.15, -0.1) is 5.10 Å². The Hall–Kier alpha value is -1.54. The molecule has 0 unspecified atom stereocenters. The number of rotatable bonds is 7. The quantitative estimate of drug-likeness (QED) is 0.767. The fraction of sp³-hybridized carbons (Fsp3) is 0.867. The average Bonchev–Trinajstić information content (AvgIpc) is 2.93. The second-order valence-corrected chi connectivity index (χ2v) is 6.70. The molecule has 0 spiro atoms. The molecule has 1 aliphatic rings. The number of hydrogen-bond donors (Lipinski definition) is 1. The molecule has 8 nitrogen and oxygen atoms in total. The van der Waals surface area contributed by atoms with Gasteiger partial charge in [0.05, 0.1) is 6.54 Å². The summed E-state index contributed by atoms with van der Waals surface area (Å²) < 4.78 is 1.58. The molecule has 8 heteroatoms. The molecule has 0 saturated carbocycles.